The van der Waals surface area contributed by atoms with Crippen LogP contribution in [-0.4, -0.2) is 33.7 Å². The Morgan fingerprint density at radius 1 is 1.07 bits per heavy atom. The van der Waals surface area contributed by atoms with Crippen molar-refractivity contribution in [3.8, 4) is 0 Å². The number of nitrogens with one attached hydrogen (secondary N) is 1. The number of anilines is 1. The normalized spacial score (nSPS) is 11.4. The van der Waals surface area contributed by atoms with E-state index in [0.717, 1.165) is 21.7 Å². The molecule has 0 spiro atoms. The Labute approximate surface area is 160 Å². The highest BCUT2D eigenvalue weighted by Gasteiger charge is 2.20. The SMILES string of the molecule is CC(C)c1ccc(N(CC(=O)NCCc2ccc(F)cc2)S(C)(=O)=O)cc1. The summed E-state index contributed by atoms with van der Waals surface area (Å²) in [6, 6.07) is 13.2. The van der Waals surface area contributed by atoms with Crippen LogP contribution < -0.4 is 9.62 Å². The van der Waals surface area contributed by atoms with Crippen LogP contribution in [0.3, 0.4) is 0 Å². The van der Waals surface area contributed by atoms with Crippen molar-refractivity contribution in [3.05, 3.63) is 65.5 Å². The molecule has 0 heterocycles. The minimum Gasteiger partial charge on any atom is -0.354 e. The summed E-state index contributed by atoms with van der Waals surface area (Å²) in [6.45, 7) is 4.16. The maximum atomic E-state index is 12.9. The third-order valence-electron chi connectivity index (χ3n) is 4.18. The predicted molar refractivity (Wildman–Crippen MR) is 106 cm³/mol. The molecule has 0 bridgehead atoms. The second-order valence-electron chi connectivity index (χ2n) is 6.74. The Balaban J connectivity index is 1.98. The summed E-state index contributed by atoms with van der Waals surface area (Å²) in [5, 5.41) is 2.71. The van der Waals surface area contributed by atoms with E-state index in [-0.39, 0.29) is 12.4 Å². The molecule has 0 aliphatic rings. The fraction of sp³-hybridized carbons (Fsp3) is 0.350. The lowest BCUT2D eigenvalue weighted by Crippen LogP contribution is -2.40. The van der Waals surface area contributed by atoms with Gasteiger partial charge in [-0.1, -0.05) is 38.1 Å². The number of amides is 1. The molecular formula is C20H25FN2O3S. The maximum Gasteiger partial charge on any atom is 0.240 e. The van der Waals surface area contributed by atoms with E-state index in [1.165, 1.54) is 12.1 Å². The van der Waals surface area contributed by atoms with E-state index in [1.54, 1.807) is 24.3 Å². The minimum atomic E-state index is -3.60. The van der Waals surface area contributed by atoms with Gasteiger partial charge in [0.2, 0.25) is 15.9 Å². The number of hydrogen-bond donors (Lipinski definition) is 1. The number of hydrogen-bond acceptors (Lipinski definition) is 3. The molecule has 146 valence electrons. The average molecular weight is 392 g/mol. The zero-order valence-corrected chi connectivity index (χ0v) is 16.6. The Morgan fingerprint density at radius 3 is 2.19 bits per heavy atom. The first kappa shape index (κ1) is 20.9. The van der Waals surface area contributed by atoms with Crippen LogP contribution in [0.25, 0.3) is 0 Å². The van der Waals surface area contributed by atoms with Gasteiger partial charge in [-0.2, -0.15) is 0 Å². The van der Waals surface area contributed by atoms with Crippen LogP contribution in [0.2, 0.25) is 0 Å². The molecule has 0 saturated heterocycles. The molecule has 0 atom stereocenters. The van der Waals surface area contributed by atoms with Gasteiger partial charge < -0.3 is 5.32 Å². The van der Waals surface area contributed by atoms with Crippen LogP contribution >= 0.6 is 0 Å². The second kappa shape index (κ2) is 8.99. The first-order valence-corrected chi connectivity index (χ1v) is 10.6. The average Bonchev–Trinajstić information content (AvgIpc) is 2.60. The van der Waals surface area contributed by atoms with E-state index in [0.29, 0.717) is 24.6 Å². The molecule has 0 aliphatic heterocycles. The summed E-state index contributed by atoms with van der Waals surface area (Å²) in [5.74, 6) is -0.369. The molecule has 7 heteroatoms. The van der Waals surface area contributed by atoms with E-state index >= 15 is 0 Å². The van der Waals surface area contributed by atoms with E-state index in [2.05, 4.69) is 19.2 Å². The highest BCUT2D eigenvalue weighted by Crippen LogP contribution is 2.21. The summed E-state index contributed by atoms with van der Waals surface area (Å²) in [7, 11) is -3.60. The van der Waals surface area contributed by atoms with Crippen molar-refractivity contribution in [3.63, 3.8) is 0 Å². The summed E-state index contributed by atoms with van der Waals surface area (Å²) < 4.78 is 38.2. The highest BCUT2D eigenvalue weighted by molar-refractivity contribution is 7.92. The minimum absolute atomic E-state index is 0.288. The lowest BCUT2D eigenvalue weighted by molar-refractivity contribution is -0.119. The standard InChI is InChI=1S/C20H25FN2O3S/c1-15(2)17-6-10-19(11-7-17)23(27(3,25)26)14-20(24)22-13-12-16-4-8-18(21)9-5-16/h4-11,15H,12-14H2,1-3H3,(H,22,24). The van der Waals surface area contributed by atoms with E-state index in [1.807, 2.05) is 12.1 Å². The number of halogens is 1. The first-order valence-electron chi connectivity index (χ1n) is 8.75. The highest BCUT2D eigenvalue weighted by atomic mass is 32.2. The van der Waals surface area contributed by atoms with Crippen molar-refractivity contribution >= 4 is 21.6 Å². The fourth-order valence-corrected chi connectivity index (χ4v) is 3.47. The molecule has 0 radical (unpaired) electrons. The van der Waals surface area contributed by atoms with Crippen LogP contribution in [0.4, 0.5) is 10.1 Å². The van der Waals surface area contributed by atoms with Crippen LogP contribution in [0.1, 0.15) is 30.9 Å². The second-order valence-corrected chi connectivity index (χ2v) is 8.65. The quantitative estimate of drug-likeness (QED) is 0.751. The van der Waals surface area contributed by atoms with Gasteiger partial charge in [0.25, 0.3) is 0 Å². The van der Waals surface area contributed by atoms with Crippen molar-refractivity contribution in [1.29, 1.82) is 0 Å². The van der Waals surface area contributed by atoms with Gasteiger partial charge in [-0.05, 0) is 47.7 Å². The molecule has 0 unspecified atom stereocenters. The summed E-state index contributed by atoms with van der Waals surface area (Å²) in [6.07, 6.45) is 1.61. The molecule has 1 amide bonds. The fourth-order valence-electron chi connectivity index (χ4n) is 2.61. The molecule has 0 fully saturated rings. The van der Waals surface area contributed by atoms with Gasteiger partial charge in [-0.25, -0.2) is 12.8 Å². The monoisotopic (exact) mass is 392 g/mol. The number of nitrogens with zero attached hydrogens (tertiary/aromatic N) is 1. The van der Waals surface area contributed by atoms with Gasteiger partial charge in [0, 0.05) is 6.54 Å². The van der Waals surface area contributed by atoms with E-state index < -0.39 is 15.9 Å². The van der Waals surface area contributed by atoms with Gasteiger partial charge in [-0.15, -0.1) is 0 Å². The Morgan fingerprint density at radius 2 is 1.67 bits per heavy atom. The molecule has 0 aromatic heterocycles. The Kier molecular flexibility index (Phi) is 6.96. The van der Waals surface area contributed by atoms with Gasteiger partial charge in [0.05, 0.1) is 11.9 Å². The van der Waals surface area contributed by atoms with Crippen molar-refractivity contribution in [1.82, 2.24) is 5.32 Å². The van der Waals surface area contributed by atoms with Crippen LogP contribution in [0.15, 0.2) is 48.5 Å². The van der Waals surface area contributed by atoms with Gasteiger partial charge >= 0.3 is 0 Å². The lowest BCUT2D eigenvalue weighted by atomic mass is 10.0. The first-order chi connectivity index (χ1) is 12.7. The van der Waals surface area contributed by atoms with E-state index in [9.17, 15) is 17.6 Å². The molecule has 2 aromatic rings. The van der Waals surface area contributed by atoms with Crippen molar-refractivity contribution < 1.29 is 17.6 Å². The molecule has 5 nitrogen and oxygen atoms in total. The number of carbonyl (C=O) groups is 1. The maximum absolute atomic E-state index is 12.9. The molecule has 0 saturated carbocycles. The third-order valence-corrected chi connectivity index (χ3v) is 5.32. The summed E-state index contributed by atoms with van der Waals surface area (Å²) in [4.78, 5) is 12.2. The van der Waals surface area contributed by atoms with Gasteiger partial charge in [0.1, 0.15) is 12.4 Å². The molecule has 2 aromatic carbocycles. The van der Waals surface area contributed by atoms with Crippen LogP contribution in [-0.2, 0) is 21.2 Å². The zero-order chi connectivity index (χ0) is 20.0. The molecule has 2 rings (SSSR count). The Hall–Kier alpha value is -2.41. The molecule has 0 aliphatic carbocycles. The molecule has 1 N–H and O–H groups in total. The summed E-state index contributed by atoms with van der Waals surface area (Å²) >= 11 is 0. The van der Waals surface area contributed by atoms with E-state index in [4.69, 9.17) is 0 Å². The third kappa shape index (κ3) is 6.36. The predicted octanol–water partition coefficient (Wildman–Crippen LogP) is 3.07. The van der Waals surface area contributed by atoms with Crippen LogP contribution in [0, 0.1) is 5.82 Å². The van der Waals surface area contributed by atoms with Crippen molar-refractivity contribution in [2.75, 3.05) is 23.7 Å². The Bertz CT molecular complexity index is 863. The lowest BCUT2D eigenvalue weighted by Gasteiger charge is -2.22. The van der Waals surface area contributed by atoms with Crippen molar-refractivity contribution in [2.24, 2.45) is 0 Å². The topological polar surface area (TPSA) is 66.5 Å². The van der Waals surface area contributed by atoms with Gasteiger partial charge in [0.15, 0.2) is 0 Å². The summed E-state index contributed by atoms with van der Waals surface area (Å²) in [5.41, 5.74) is 2.44. The number of carbonyl (C=O) groups excluding carboxylic acids is 1. The number of benzene rings is 2. The van der Waals surface area contributed by atoms with Crippen LogP contribution in [0.5, 0.6) is 0 Å². The number of rotatable bonds is 8. The molecule has 27 heavy (non-hydrogen) atoms. The van der Waals surface area contributed by atoms with Crippen molar-refractivity contribution in [2.45, 2.75) is 26.2 Å². The van der Waals surface area contributed by atoms with Gasteiger partial charge in [-0.3, -0.25) is 9.10 Å². The number of sulfonamides is 1. The molecular weight excluding hydrogens is 367 g/mol. The largest absolute Gasteiger partial charge is 0.354 e. The zero-order valence-electron chi connectivity index (χ0n) is 15.8. The smallest absolute Gasteiger partial charge is 0.240 e.